The zero-order valence-electron chi connectivity index (χ0n) is 17.3. The van der Waals surface area contributed by atoms with Crippen LogP contribution in [0.5, 0.6) is 0 Å². The molecule has 2 aromatic carbocycles. The van der Waals surface area contributed by atoms with E-state index in [-0.39, 0.29) is 23.4 Å². The quantitative estimate of drug-likeness (QED) is 0.547. The third-order valence-corrected chi connectivity index (χ3v) is 7.88. The monoisotopic (exact) mass is 500 g/mol. The van der Waals surface area contributed by atoms with Gasteiger partial charge in [0.1, 0.15) is 0 Å². The number of nitrogens with one attached hydrogen (secondary N) is 1. The molecule has 2 heterocycles. The van der Waals surface area contributed by atoms with Crippen LogP contribution in [0.1, 0.15) is 30.6 Å². The molecule has 0 amide bonds. The number of pyridine rings is 1. The topological polar surface area (TPSA) is 68.2 Å². The van der Waals surface area contributed by atoms with Gasteiger partial charge in [-0.15, -0.1) is 0 Å². The SMILES string of the molecule is CCS(=O)(=O)NC1CCc2ccc(Br)c(=O)n2C1Cc1cccc(-c2ccccc2)c1. The van der Waals surface area contributed by atoms with Gasteiger partial charge >= 0.3 is 0 Å². The molecule has 0 fully saturated rings. The predicted octanol–water partition coefficient (Wildman–Crippen LogP) is 4.32. The third-order valence-electron chi connectivity index (χ3n) is 5.85. The minimum atomic E-state index is -3.40. The lowest BCUT2D eigenvalue weighted by Crippen LogP contribution is -2.49. The number of aryl methyl sites for hydroxylation is 1. The van der Waals surface area contributed by atoms with Crippen molar-refractivity contribution in [2.24, 2.45) is 0 Å². The van der Waals surface area contributed by atoms with Gasteiger partial charge in [0.2, 0.25) is 10.0 Å². The lowest BCUT2D eigenvalue weighted by Gasteiger charge is -2.36. The van der Waals surface area contributed by atoms with Crippen molar-refractivity contribution in [3.8, 4) is 11.1 Å². The molecule has 0 saturated heterocycles. The first-order valence-electron chi connectivity index (χ1n) is 10.4. The van der Waals surface area contributed by atoms with Gasteiger partial charge < -0.3 is 4.57 Å². The molecule has 4 rings (SSSR count). The maximum atomic E-state index is 13.0. The second-order valence-corrected chi connectivity index (χ2v) is 10.7. The van der Waals surface area contributed by atoms with E-state index in [4.69, 9.17) is 0 Å². The molecule has 5 nitrogen and oxygen atoms in total. The van der Waals surface area contributed by atoms with E-state index in [1.807, 2.05) is 36.4 Å². The van der Waals surface area contributed by atoms with Crippen LogP contribution in [0.15, 0.2) is 76.0 Å². The van der Waals surface area contributed by atoms with E-state index in [1.165, 1.54) is 0 Å². The Balaban J connectivity index is 1.75. The second-order valence-electron chi connectivity index (χ2n) is 7.85. The molecule has 3 aromatic rings. The Labute approximate surface area is 191 Å². The van der Waals surface area contributed by atoms with Gasteiger partial charge in [-0.25, -0.2) is 13.1 Å². The second kappa shape index (κ2) is 9.10. The summed E-state index contributed by atoms with van der Waals surface area (Å²) >= 11 is 3.35. The highest BCUT2D eigenvalue weighted by atomic mass is 79.9. The first kappa shape index (κ1) is 22.0. The highest BCUT2D eigenvalue weighted by molar-refractivity contribution is 9.10. The summed E-state index contributed by atoms with van der Waals surface area (Å²) in [4.78, 5) is 13.0. The van der Waals surface area contributed by atoms with Crippen LogP contribution >= 0.6 is 15.9 Å². The molecule has 1 N–H and O–H groups in total. The normalized spacial score (nSPS) is 18.5. The molecule has 0 spiro atoms. The van der Waals surface area contributed by atoms with Gasteiger partial charge in [-0.1, -0.05) is 54.6 Å². The Hall–Kier alpha value is -2.22. The van der Waals surface area contributed by atoms with Crippen molar-refractivity contribution in [2.45, 2.75) is 38.3 Å². The Morgan fingerprint density at radius 2 is 1.77 bits per heavy atom. The summed E-state index contributed by atoms with van der Waals surface area (Å²) < 4.78 is 29.8. The number of nitrogens with zero attached hydrogens (tertiary/aromatic N) is 1. The van der Waals surface area contributed by atoms with E-state index in [1.54, 1.807) is 17.6 Å². The summed E-state index contributed by atoms with van der Waals surface area (Å²) in [6, 6.07) is 21.4. The van der Waals surface area contributed by atoms with Crippen LogP contribution in [0.4, 0.5) is 0 Å². The Morgan fingerprint density at radius 3 is 2.52 bits per heavy atom. The molecule has 2 atom stereocenters. The molecular weight excluding hydrogens is 476 g/mol. The average Bonchev–Trinajstić information content (AvgIpc) is 2.78. The largest absolute Gasteiger partial charge is 0.307 e. The van der Waals surface area contributed by atoms with Crippen molar-refractivity contribution < 1.29 is 8.42 Å². The van der Waals surface area contributed by atoms with Crippen LogP contribution < -0.4 is 10.3 Å². The number of hydrogen-bond donors (Lipinski definition) is 1. The highest BCUT2D eigenvalue weighted by Gasteiger charge is 2.33. The molecule has 0 saturated carbocycles. The average molecular weight is 501 g/mol. The Morgan fingerprint density at radius 1 is 1.03 bits per heavy atom. The number of sulfonamides is 1. The smallest absolute Gasteiger partial charge is 0.265 e. The van der Waals surface area contributed by atoms with Crippen molar-refractivity contribution in [2.75, 3.05) is 5.75 Å². The van der Waals surface area contributed by atoms with Gasteiger partial charge in [-0.05, 0) is 70.9 Å². The number of aromatic nitrogens is 1. The van der Waals surface area contributed by atoms with Crippen LogP contribution in [0, 0.1) is 0 Å². The lowest BCUT2D eigenvalue weighted by atomic mass is 9.90. The molecular formula is C24H25BrN2O3S. The maximum Gasteiger partial charge on any atom is 0.265 e. The Kier molecular flexibility index (Phi) is 6.46. The fraction of sp³-hybridized carbons (Fsp3) is 0.292. The molecule has 1 aliphatic heterocycles. The van der Waals surface area contributed by atoms with Crippen molar-refractivity contribution in [1.29, 1.82) is 0 Å². The van der Waals surface area contributed by atoms with Crippen LogP contribution in [0.3, 0.4) is 0 Å². The Bertz CT molecular complexity index is 1240. The molecule has 0 radical (unpaired) electrons. The number of benzene rings is 2. The van der Waals surface area contributed by atoms with Crippen molar-refractivity contribution in [1.82, 2.24) is 9.29 Å². The zero-order valence-corrected chi connectivity index (χ0v) is 19.7. The summed E-state index contributed by atoms with van der Waals surface area (Å²) in [5.74, 6) is 0.0138. The standard InChI is InChI=1S/C24H25BrN2O3S/c1-2-31(29,30)26-22-14-12-20-11-13-21(25)24(28)27(20)23(22)16-17-7-6-10-19(15-17)18-8-4-3-5-9-18/h3-11,13,15,22-23,26H,2,12,14,16H2,1H3. The number of fused-ring (bicyclic) bond motifs is 1. The van der Waals surface area contributed by atoms with Crippen molar-refractivity contribution in [3.05, 3.63) is 92.8 Å². The van der Waals surface area contributed by atoms with E-state index >= 15 is 0 Å². The fourth-order valence-electron chi connectivity index (χ4n) is 4.24. The summed E-state index contributed by atoms with van der Waals surface area (Å²) in [6.45, 7) is 1.63. The van der Waals surface area contributed by atoms with E-state index in [0.717, 1.165) is 22.4 Å². The van der Waals surface area contributed by atoms with Crippen LogP contribution in [0.2, 0.25) is 0 Å². The molecule has 7 heteroatoms. The van der Waals surface area contributed by atoms with Crippen molar-refractivity contribution in [3.63, 3.8) is 0 Å². The predicted molar refractivity (Wildman–Crippen MR) is 128 cm³/mol. The van der Waals surface area contributed by atoms with Crippen LogP contribution in [-0.4, -0.2) is 24.8 Å². The summed E-state index contributed by atoms with van der Waals surface area (Å²) in [5.41, 5.74) is 4.09. The molecule has 31 heavy (non-hydrogen) atoms. The maximum absolute atomic E-state index is 13.0. The van der Waals surface area contributed by atoms with Gasteiger partial charge in [-0.3, -0.25) is 4.79 Å². The zero-order chi connectivity index (χ0) is 22.0. The van der Waals surface area contributed by atoms with E-state index < -0.39 is 10.0 Å². The minimum Gasteiger partial charge on any atom is -0.307 e. The van der Waals surface area contributed by atoms with Crippen molar-refractivity contribution >= 4 is 26.0 Å². The first-order valence-corrected chi connectivity index (χ1v) is 12.9. The summed E-state index contributed by atoms with van der Waals surface area (Å²) in [6.07, 6.45) is 1.87. The third kappa shape index (κ3) is 4.84. The van der Waals surface area contributed by atoms with Gasteiger partial charge in [0.05, 0.1) is 16.3 Å². The van der Waals surface area contributed by atoms with Crippen LogP contribution in [0.25, 0.3) is 11.1 Å². The van der Waals surface area contributed by atoms with E-state index in [2.05, 4.69) is 44.9 Å². The first-order chi connectivity index (χ1) is 14.9. The summed E-state index contributed by atoms with van der Waals surface area (Å²) in [5, 5.41) is 0. The van der Waals surface area contributed by atoms with Gasteiger partial charge in [-0.2, -0.15) is 0 Å². The molecule has 2 unspecified atom stereocenters. The number of rotatable bonds is 6. The molecule has 1 aliphatic rings. The molecule has 162 valence electrons. The van der Waals surface area contributed by atoms with E-state index in [9.17, 15) is 13.2 Å². The summed E-state index contributed by atoms with van der Waals surface area (Å²) in [7, 11) is -3.40. The van der Waals surface area contributed by atoms with Gasteiger partial charge in [0.15, 0.2) is 0 Å². The number of halogens is 1. The molecule has 0 aliphatic carbocycles. The van der Waals surface area contributed by atoms with E-state index in [0.29, 0.717) is 23.7 Å². The molecule has 0 bridgehead atoms. The van der Waals surface area contributed by atoms with Crippen LogP contribution in [-0.2, 0) is 22.9 Å². The molecule has 1 aromatic heterocycles. The minimum absolute atomic E-state index is 0.0138. The highest BCUT2D eigenvalue weighted by Crippen LogP contribution is 2.30. The van der Waals surface area contributed by atoms with Gasteiger partial charge in [0.25, 0.3) is 5.56 Å². The number of hydrogen-bond acceptors (Lipinski definition) is 3. The fourth-order valence-corrected chi connectivity index (χ4v) is 5.47. The lowest BCUT2D eigenvalue weighted by molar-refractivity contribution is 0.314. The van der Waals surface area contributed by atoms with Gasteiger partial charge in [0, 0.05) is 11.7 Å².